The average Bonchev–Trinajstić information content (AvgIpc) is 2.36. The molecule has 0 saturated carbocycles. The Labute approximate surface area is 124 Å². The number of thioether (sulfide) groups is 1. The van der Waals surface area contributed by atoms with Gasteiger partial charge in [-0.15, -0.1) is 0 Å². The van der Waals surface area contributed by atoms with Gasteiger partial charge >= 0.3 is 6.18 Å². The summed E-state index contributed by atoms with van der Waals surface area (Å²) in [5.41, 5.74) is 4.28. The van der Waals surface area contributed by atoms with Gasteiger partial charge in [-0.2, -0.15) is 24.9 Å². The van der Waals surface area contributed by atoms with Crippen molar-refractivity contribution in [3.63, 3.8) is 0 Å². The molecule has 0 aliphatic rings. The smallest absolute Gasteiger partial charge is 0.324 e. The lowest BCUT2D eigenvalue weighted by molar-refractivity contribution is -0.137. The van der Waals surface area contributed by atoms with E-state index in [1.54, 1.807) is 0 Å². The number of alkyl halides is 3. The standard InChI is InChI=1S/C12H14ClF3N2OS/c1-20-5-4-9(17)11(19)18-10-3-2-7(13)6-8(10)12(14,15)16/h2-3,6,9H,4-5,17H2,1H3,(H,18,19)/t9-/m1/s1. The predicted molar refractivity (Wildman–Crippen MR) is 76.1 cm³/mol. The second-order valence-electron chi connectivity index (χ2n) is 4.06. The second-order valence-corrected chi connectivity index (χ2v) is 5.49. The molecule has 1 aromatic carbocycles. The van der Waals surface area contributed by atoms with Gasteiger partial charge in [0.1, 0.15) is 0 Å². The molecule has 0 saturated heterocycles. The summed E-state index contributed by atoms with van der Waals surface area (Å²) in [5, 5.41) is 2.15. The van der Waals surface area contributed by atoms with Crippen molar-refractivity contribution in [2.45, 2.75) is 18.6 Å². The van der Waals surface area contributed by atoms with Gasteiger partial charge in [-0.05, 0) is 36.6 Å². The largest absolute Gasteiger partial charge is 0.418 e. The molecule has 1 rings (SSSR count). The molecular weight excluding hydrogens is 313 g/mol. The zero-order valence-electron chi connectivity index (χ0n) is 10.6. The minimum atomic E-state index is -4.60. The van der Waals surface area contributed by atoms with Gasteiger partial charge in [0.2, 0.25) is 5.91 Å². The van der Waals surface area contributed by atoms with Crippen LogP contribution in [0.15, 0.2) is 18.2 Å². The van der Waals surface area contributed by atoms with Crippen LogP contribution < -0.4 is 11.1 Å². The molecule has 0 spiro atoms. The lowest BCUT2D eigenvalue weighted by Gasteiger charge is -2.16. The summed E-state index contributed by atoms with van der Waals surface area (Å²) in [7, 11) is 0. The first-order valence-electron chi connectivity index (χ1n) is 5.68. The first-order valence-corrected chi connectivity index (χ1v) is 7.45. The third-order valence-electron chi connectivity index (χ3n) is 2.51. The minimum absolute atomic E-state index is 0.0537. The van der Waals surface area contributed by atoms with Crippen LogP contribution in [-0.4, -0.2) is 24.0 Å². The maximum absolute atomic E-state index is 12.8. The number of carbonyl (C=O) groups excluding carboxylic acids is 1. The third-order valence-corrected chi connectivity index (χ3v) is 3.39. The van der Waals surface area contributed by atoms with Crippen molar-refractivity contribution in [2.24, 2.45) is 5.73 Å². The lowest BCUT2D eigenvalue weighted by atomic mass is 10.1. The Morgan fingerprint density at radius 1 is 1.50 bits per heavy atom. The zero-order valence-corrected chi connectivity index (χ0v) is 12.2. The molecule has 3 nitrogen and oxygen atoms in total. The van der Waals surface area contributed by atoms with Gasteiger partial charge in [-0.25, -0.2) is 0 Å². The van der Waals surface area contributed by atoms with E-state index < -0.39 is 23.7 Å². The van der Waals surface area contributed by atoms with E-state index in [1.165, 1.54) is 17.8 Å². The summed E-state index contributed by atoms with van der Waals surface area (Å²) < 4.78 is 38.5. The van der Waals surface area contributed by atoms with Crippen LogP contribution in [0, 0.1) is 0 Å². The number of anilines is 1. The number of halogens is 4. The molecular formula is C12H14ClF3N2OS. The zero-order chi connectivity index (χ0) is 15.3. The molecule has 0 fully saturated rings. The summed E-state index contributed by atoms with van der Waals surface area (Å²) in [4.78, 5) is 11.7. The van der Waals surface area contributed by atoms with Gasteiger partial charge in [-0.1, -0.05) is 11.6 Å². The number of nitrogens with two attached hydrogens (primary N) is 1. The molecule has 0 radical (unpaired) electrons. The highest BCUT2D eigenvalue weighted by Gasteiger charge is 2.34. The quantitative estimate of drug-likeness (QED) is 0.872. The van der Waals surface area contributed by atoms with E-state index in [0.717, 1.165) is 12.1 Å². The van der Waals surface area contributed by atoms with Gasteiger partial charge in [0.05, 0.1) is 17.3 Å². The van der Waals surface area contributed by atoms with Crippen LogP contribution in [0.1, 0.15) is 12.0 Å². The Balaban J connectivity index is 2.90. The SMILES string of the molecule is CSCC[C@@H](N)C(=O)Nc1ccc(Cl)cc1C(F)(F)F. The van der Waals surface area contributed by atoms with Crippen LogP contribution in [0.4, 0.5) is 18.9 Å². The molecule has 0 aliphatic carbocycles. The highest BCUT2D eigenvalue weighted by atomic mass is 35.5. The highest BCUT2D eigenvalue weighted by Crippen LogP contribution is 2.36. The molecule has 112 valence electrons. The molecule has 1 aromatic rings. The fraction of sp³-hybridized carbons (Fsp3) is 0.417. The summed E-state index contributed by atoms with van der Waals surface area (Å²) in [6, 6.07) is 2.31. The molecule has 0 aromatic heterocycles. The third kappa shape index (κ3) is 4.88. The lowest BCUT2D eigenvalue weighted by Crippen LogP contribution is -2.36. The molecule has 0 heterocycles. The number of rotatable bonds is 5. The average molecular weight is 327 g/mol. The highest BCUT2D eigenvalue weighted by molar-refractivity contribution is 7.98. The van der Waals surface area contributed by atoms with E-state index in [2.05, 4.69) is 5.32 Å². The van der Waals surface area contributed by atoms with E-state index >= 15 is 0 Å². The van der Waals surface area contributed by atoms with Gasteiger partial charge in [0, 0.05) is 5.02 Å². The van der Waals surface area contributed by atoms with Gasteiger partial charge in [0.25, 0.3) is 0 Å². The van der Waals surface area contributed by atoms with Crippen molar-refractivity contribution in [2.75, 3.05) is 17.3 Å². The molecule has 8 heteroatoms. The summed E-state index contributed by atoms with van der Waals surface area (Å²) in [6.45, 7) is 0. The van der Waals surface area contributed by atoms with Crippen LogP contribution in [0.2, 0.25) is 5.02 Å². The van der Waals surface area contributed by atoms with E-state index in [4.69, 9.17) is 17.3 Å². The number of nitrogens with one attached hydrogen (secondary N) is 1. The van der Waals surface area contributed by atoms with Crippen LogP contribution in [0.5, 0.6) is 0 Å². The summed E-state index contributed by atoms with van der Waals surface area (Å²) >= 11 is 7.06. The number of carbonyl (C=O) groups is 1. The number of benzene rings is 1. The fourth-order valence-electron chi connectivity index (χ4n) is 1.46. The Morgan fingerprint density at radius 3 is 2.70 bits per heavy atom. The first kappa shape index (κ1) is 17.1. The normalized spacial score (nSPS) is 13.1. The Morgan fingerprint density at radius 2 is 2.15 bits per heavy atom. The van der Waals surface area contributed by atoms with Crippen LogP contribution in [0.3, 0.4) is 0 Å². The second kappa shape index (κ2) is 7.19. The van der Waals surface area contributed by atoms with E-state index in [1.807, 2.05) is 6.26 Å². The predicted octanol–water partition coefficient (Wildman–Crippen LogP) is 3.38. The number of hydrogen-bond donors (Lipinski definition) is 2. The van der Waals surface area contributed by atoms with E-state index in [9.17, 15) is 18.0 Å². The molecule has 0 bridgehead atoms. The van der Waals surface area contributed by atoms with Crippen molar-refractivity contribution in [3.05, 3.63) is 28.8 Å². The molecule has 0 aliphatic heterocycles. The van der Waals surface area contributed by atoms with Crippen molar-refractivity contribution in [3.8, 4) is 0 Å². The Hall–Kier alpha value is -0.920. The number of hydrogen-bond acceptors (Lipinski definition) is 3. The van der Waals surface area contributed by atoms with Crippen LogP contribution in [-0.2, 0) is 11.0 Å². The van der Waals surface area contributed by atoms with Crippen molar-refractivity contribution in [1.82, 2.24) is 0 Å². The Kier molecular flexibility index (Phi) is 6.16. The first-order chi connectivity index (χ1) is 9.25. The van der Waals surface area contributed by atoms with Crippen LogP contribution >= 0.6 is 23.4 Å². The van der Waals surface area contributed by atoms with Gasteiger partial charge in [-0.3, -0.25) is 4.79 Å². The maximum Gasteiger partial charge on any atom is 0.418 e. The summed E-state index contributed by atoms with van der Waals surface area (Å²) in [5.74, 6) is 0.00769. The topological polar surface area (TPSA) is 55.1 Å². The molecule has 3 N–H and O–H groups in total. The molecule has 20 heavy (non-hydrogen) atoms. The fourth-order valence-corrected chi connectivity index (χ4v) is 2.12. The molecule has 1 amide bonds. The van der Waals surface area contributed by atoms with Gasteiger partial charge < -0.3 is 11.1 Å². The number of amides is 1. The van der Waals surface area contributed by atoms with Crippen molar-refractivity contribution < 1.29 is 18.0 Å². The monoisotopic (exact) mass is 326 g/mol. The van der Waals surface area contributed by atoms with E-state index in [-0.39, 0.29) is 10.7 Å². The van der Waals surface area contributed by atoms with Gasteiger partial charge in [0.15, 0.2) is 0 Å². The summed E-state index contributed by atoms with van der Waals surface area (Å²) in [6.07, 6.45) is -2.36. The maximum atomic E-state index is 12.8. The van der Waals surface area contributed by atoms with Crippen LogP contribution in [0.25, 0.3) is 0 Å². The van der Waals surface area contributed by atoms with Crippen molar-refractivity contribution >= 4 is 35.0 Å². The molecule has 1 atom stereocenters. The minimum Gasteiger partial charge on any atom is -0.324 e. The molecule has 0 unspecified atom stereocenters. The van der Waals surface area contributed by atoms with E-state index in [0.29, 0.717) is 12.2 Å². The Bertz CT molecular complexity index is 482. The van der Waals surface area contributed by atoms with Crippen molar-refractivity contribution in [1.29, 1.82) is 0 Å².